The first-order valence-corrected chi connectivity index (χ1v) is 7.52. The van der Waals surface area contributed by atoms with E-state index >= 15 is 0 Å². The molecule has 1 aliphatic carbocycles. The first-order chi connectivity index (χ1) is 8.74. The molecule has 1 saturated carbocycles. The van der Waals surface area contributed by atoms with Crippen molar-refractivity contribution in [3.05, 3.63) is 41.5 Å². The molecule has 1 fully saturated rings. The van der Waals surface area contributed by atoms with E-state index in [1.807, 2.05) is 0 Å². The van der Waals surface area contributed by atoms with Crippen LogP contribution in [0.15, 0.2) is 30.3 Å². The van der Waals surface area contributed by atoms with E-state index in [2.05, 4.69) is 50.3 Å². The van der Waals surface area contributed by atoms with Crippen LogP contribution >= 0.6 is 0 Å². The fraction of sp³-hybridized carbons (Fsp3) is 0.556. The summed E-state index contributed by atoms with van der Waals surface area (Å²) in [5, 5.41) is 0. The fourth-order valence-electron chi connectivity index (χ4n) is 3.00. The Hall–Kier alpha value is -1.04. The number of allylic oxidation sites excluding steroid dienone is 1. The monoisotopic (exact) mass is 242 g/mol. The Morgan fingerprint density at radius 3 is 2.33 bits per heavy atom. The zero-order chi connectivity index (χ0) is 12.8. The van der Waals surface area contributed by atoms with Crippen LogP contribution in [0.4, 0.5) is 0 Å². The van der Waals surface area contributed by atoms with E-state index in [1.165, 1.54) is 56.1 Å². The number of hydrogen-bond donors (Lipinski definition) is 0. The standard InChI is InChI=1S/C18H26/c1-3-4-6-9-16-10-12-17(13-11-16)18(2)14-7-5-8-15-18/h6,9-13H,3-5,7-8,14-15H2,1-2H3/b9-6+. The van der Waals surface area contributed by atoms with E-state index in [0.717, 1.165) is 0 Å². The molecular formula is C18H26. The van der Waals surface area contributed by atoms with Gasteiger partial charge in [-0.15, -0.1) is 0 Å². The van der Waals surface area contributed by atoms with Crippen molar-refractivity contribution in [3.63, 3.8) is 0 Å². The lowest BCUT2D eigenvalue weighted by atomic mass is 9.71. The topological polar surface area (TPSA) is 0 Å². The van der Waals surface area contributed by atoms with E-state index in [4.69, 9.17) is 0 Å². The maximum Gasteiger partial charge on any atom is -0.00752 e. The molecule has 0 atom stereocenters. The van der Waals surface area contributed by atoms with Gasteiger partial charge in [0.25, 0.3) is 0 Å². The molecule has 18 heavy (non-hydrogen) atoms. The molecule has 0 N–H and O–H groups in total. The molecule has 1 aromatic carbocycles. The molecule has 0 nitrogen and oxygen atoms in total. The van der Waals surface area contributed by atoms with Gasteiger partial charge in [-0.25, -0.2) is 0 Å². The molecule has 0 bridgehead atoms. The Labute approximate surface area is 112 Å². The third-order valence-corrected chi connectivity index (χ3v) is 4.33. The Kier molecular flexibility index (Phi) is 4.63. The van der Waals surface area contributed by atoms with E-state index in [9.17, 15) is 0 Å². The molecule has 0 radical (unpaired) electrons. The van der Waals surface area contributed by atoms with Gasteiger partial charge < -0.3 is 0 Å². The molecule has 98 valence electrons. The lowest BCUT2D eigenvalue weighted by Gasteiger charge is -2.34. The lowest BCUT2D eigenvalue weighted by Crippen LogP contribution is -2.24. The lowest BCUT2D eigenvalue weighted by molar-refractivity contribution is 0.319. The third kappa shape index (κ3) is 3.25. The molecule has 1 aliphatic rings. The van der Waals surface area contributed by atoms with Crippen molar-refractivity contribution in [3.8, 4) is 0 Å². The van der Waals surface area contributed by atoms with Crippen molar-refractivity contribution in [2.45, 2.75) is 64.2 Å². The Morgan fingerprint density at radius 1 is 1.06 bits per heavy atom. The number of hydrogen-bond acceptors (Lipinski definition) is 0. The minimum absolute atomic E-state index is 0.434. The second kappa shape index (κ2) is 6.22. The van der Waals surface area contributed by atoms with Crippen molar-refractivity contribution in [2.24, 2.45) is 0 Å². The Morgan fingerprint density at radius 2 is 1.72 bits per heavy atom. The average molecular weight is 242 g/mol. The van der Waals surface area contributed by atoms with Crippen molar-refractivity contribution in [1.29, 1.82) is 0 Å². The average Bonchev–Trinajstić information content (AvgIpc) is 2.41. The first kappa shape index (κ1) is 13.4. The second-order valence-corrected chi connectivity index (χ2v) is 5.93. The molecule has 0 heterocycles. The van der Waals surface area contributed by atoms with Gasteiger partial charge in [0.05, 0.1) is 0 Å². The summed E-state index contributed by atoms with van der Waals surface area (Å²) in [5.41, 5.74) is 3.31. The van der Waals surface area contributed by atoms with E-state index in [1.54, 1.807) is 0 Å². The number of rotatable bonds is 4. The first-order valence-electron chi connectivity index (χ1n) is 7.52. The summed E-state index contributed by atoms with van der Waals surface area (Å²) in [6.45, 7) is 4.66. The van der Waals surface area contributed by atoms with Crippen LogP contribution in [0, 0.1) is 0 Å². The Bertz CT molecular complexity index is 377. The van der Waals surface area contributed by atoms with Gasteiger partial charge in [-0.3, -0.25) is 0 Å². The van der Waals surface area contributed by atoms with Crippen LogP contribution in [-0.4, -0.2) is 0 Å². The normalized spacial score (nSPS) is 19.2. The molecule has 0 spiro atoms. The van der Waals surface area contributed by atoms with Crippen molar-refractivity contribution < 1.29 is 0 Å². The number of unbranched alkanes of at least 4 members (excludes halogenated alkanes) is 1. The highest BCUT2D eigenvalue weighted by Gasteiger charge is 2.28. The van der Waals surface area contributed by atoms with Gasteiger partial charge in [0.15, 0.2) is 0 Å². The summed E-state index contributed by atoms with van der Waals surface area (Å²) < 4.78 is 0. The van der Waals surface area contributed by atoms with Crippen LogP contribution < -0.4 is 0 Å². The maximum absolute atomic E-state index is 2.44. The van der Waals surface area contributed by atoms with Gasteiger partial charge >= 0.3 is 0 Å². The van der Waals surface area contributed by atoms with Crippen LogP contribution in [-0.2, 0) is 5.41 Å². The summed E-state index contributed by atoms with van der Waals surface area (Å²) in [7, 11) is 0. The predicted octanol–water partition coefficient (Wildman–Crippen LogP) is 5.72. The van der Waals surface area contributed by atoms with Crippen molar-refractivity contribution in [1.82, 2.24) is 0 Å². The van der Waals surface area contributed by atoms with Gasteiger partial charge in [0, 0.05) is 0 Å². The van der Waals surface area contributed by atoms with E-state index in [0.29, 0.717) is 5.41 Å². The van der Waals surface area contributed by atoms with Crippen LogP contribution in [0.1, 0.15) is 69.9 Å². The van der Waals surface area contributed by atoms with Crippen LogP contribution in [0.5, 0.6) is 0 Å². The summed E-state index contributed by atoms with van der Waals surface area (Å²) in [6.07, 6.45) is 13.9. The molecule has 2 rings (SSSR count). The summed E-state index contributed by atoms with van der Waals surface area (Å²) >= 11 is 0. The quantitative estimate of drug-likeness (QED) is 0.633. The minimum Gasteiger partial charge on any atom is -0.0840 e. The maximum atomic E-state index is 2.44. The third-order valence-electron chi connectivity index (χ3n) is 4.33. The zero-order valence-corrected chi connectivity index (χ0v) is 11.9. The molecule has 0 amide bonds. The highest BCUT2D eigenvalue weighted by atomic mass is 14.3. The van der Waals surface area contributed by atoms with Gasteiger partial charge in [0.1, 0.15) is 0 Å². The summed E-state index contributed by atoms with van der Waals surface area (Å²) in [5.74, 6) is 0. The molecule has 0 heteroatoms. The van der Waals surface area contributed by atoms with Crippen LogP contribution in [0.3, 0.4) is 0 Å². The second-order valence-electron chi connectivity index (χ2n) is 5.93. The van der Waals surface area contributed by atoms with E-state index < -0.39 is 0 Å². The molecular weight excluding hydrogens is 216 g/mol. The molecule has 0 saturated heterocycles. The summed E-state index contributed by atoms with van der Waals surface area (Å²) in [4.78, 5) is 0. The Balaban J connectivity index is 2.07. The largest absolute Gasteiger partial charge is 0.0840 e. The minimum atomic E-state index is 0.434. The molecule has 0 aromatic heterocycles. The SMILES string of the molecule is CCC/C=C/c1ccc(C2(C)CCCCC2)cc1. The highest BCUT2D eigenvalue weighted by Crippen LogP contribution is 2.38. The predicted molar refractivity (Wildman–Crippen MR) is 80.8 cm³/mol. The molecule has 1 aromatic rings. The van der Waals surface area contributed by atoms with Gasteiger partial charge in [-0.1, -0.05) is 75.9 Å². The highest BCUT2D eigenvalue weighted by molar-refractivity contribution is 5.50. The number of benzene rings is 1. The zero-order valence-electron chi connectivity index (χ0n) is 11.9. The van der Waals surface area contributed by atoms with E-state index in [-0.39, 0.29) is 0 Å². The smallest absolute Gasteiger partial charge is 0.00752 e. The van der Waals surface area contributed by atoms with Gasteiger partial charge in [-0.2, -0.15) is 0 Å². The fourth-order valence-corrected chi connectivity index (χ4v) is 3.00. The van der Waals surface area contributed by atoms with Gasteiger partial charge in [0.2, 0.25) is 0 Å². The van der Waals surface area contributed by atoms with Gasteiger partial charge in [-0.05, 0) is 35.8 Å². The van der Waals surface area contributed by atoms with Crippen LogP contribution in [0.2, 0.25) is 0 Å². The van der Waals surface area contributed by atoms with Crippen molar-refractivity contribution in [2.75, 3.05) is 0 Å². The van der Waals surface area contributed by atoms with Crippen molar-refractivity contribution >= 4 is 6.08 Å². The molecule has 0 unspecified atom stereocenters. The molecule has 0 aliphatic heterocycles. The van der Waals surface area contributed by atoms with Crippen LogP contribution in [0.25, 0.3) is 6.08 Å². The summed E-state index contributed by atoms with van der Waals surface area (Å²) in [6, 6.07) is 9.25.